The Morgan fingerprint density at radius 1 is 0.829 bits per heavy atom. The monoisotopic (exact) mass is 497 g/mol. The summed E-state index contributed by atoms with van der Waals surface area (Å²) in [6, 6.07) is 18.2. The van der Waals surface area contributed by atoms with Crippen LogP contribution in [0.25, 0.3) is 0 Å². The smallest absolute Gasteiger partial charge is 0.322 e. The second kappa shape index (κ2) is 9.69. The lowest BCUT2D eigenvalue weighted by Gasteiger charge is -2.39. The maximum Gasteiger partial charge on any atom is 0.326 e. The first kappa shape index (κ1) is 23.9. The average molecular weight is 498 g/mol. The Balaban J connectivity index is 1.20. The summed E-state index contributed by atoms with van der Waals surface area (Å²) in [7, 11) is -3.55. The zero-order valence-electron chi connectivity index (χ0n) is 19.7. The molecular formula is C25H31N5O4S. The van der Waals surface area contributed by atoms with E-state index in [1.165, 1.54) is 14.8 Å². The number of benzene rings is 2. The molecule has 0 bridgehead atoms. The summed E-state index contributed by atoms with van der Waals surface area (Å²) in [5.41, 5.74) is 0.296. The number of rotatable bonds is 6. The minimum Gasteiger partial charge on any atom is -0.322 e. The number of hydrogen-bond acceptors (Lipinski definition) is 6. The molecule has 1 N–H and O–H groups in total. The molecule has 0 radical (unpaired) electrons. The lowest BCUT2D eigenvalue weighted by molar-refractivity contribution is -0.135. The van der Waals surface area contributed by atoms with Crippen molar-refractivity contribution in [2.45, 2.75) is 29.8 Å². The van der Waals surface area contributed by atoms with Crippen LogP contribution in [0.1, 0.15) is 18.4 Å². The van der Waals surface area contributed by atoms with Gasteiger partial charge in [-0.15, -0.1) is 0 Å². The quantitative estimate of drug-likeness (QED) is 0.609. The predicted octanol–water partition coefficient (Wildman–Crippen LogP) is 1.54. The van der Waals surface area contributed by atoms with Crippen molar-refractivity contribution in [1.29, 1.82) is 0 Å². The topological polar surface area (TPSA) is 93.3 Å². The van der Waals surface area contributed by atoms with Crippen LogP contribution in [0.5, 0.6) is 0 Å². The second-order valence-electron chi connectivity index (χ2n) is 9.52. The standard InChI is InChI=1S/C25H31N5O4S/c31-23-25(12-7-13-28(19-25)18-21-8-3-1-4-9-21)26-24(32)30(23)20-27-14-16-29(17-15-27)35(33,34)22-10-5-2-6-11-22/h1-6,8-11H,7,12-20H2,(H,26,32)/t25-/m1/s1. The van der Waals surface area contributed by atoms with Gasteiger partial charge in [0.2, 0.25) is 10.0 Å². The SMILES string of the molecule is O=C1N[C@@]2(CCCN(Cc3ccccc3)C2)C(=O)N1CN1CCN(S(=O)(=O)c2ccccc2)CC1. The van der Waals surface area contributed by atoms with E-state index < -0.39 is 15.6 Å². The highest BCUT2D eigenvalue weighted by molar-refractivity contribution is 7.89. The van der Waals surface area contributed by atoms with Crippen molar-refractivity contribution in [3.63, 3.8) is 0 Å². The fourth-order valence-corrected chi connectivity index (χ4v) is 6.70. The van der Waals surface area contributed by atoms with Crippen molar-refractivity contribution in [3.05, 3.63) is 66.2 Å². The molecule has 9 nitrogen and oxygen atoms in total. The third-order valence-electron chi connectivity index (χ3n) is 7.12. The molecular weight excluding hydrogens is 466 g/mol. The molecule has 3 heterocycles. The number of likely N-dealkylation sites (tertiary alicyclic amines) is 1. The Morgan fingerprint density at radius 3 is 2.17 bits per heavy atom. The summed E-state index contributed by atoms with van der Waals surface area (Å²) >= 11 is 0. The van der Waals surface area contributed by atoms with E-state index in [1.54, 1.807) is 30.3 Å². The van der Waals surface area contributed by atoms with Gasteiger partial charge in [-0.2, -0.15) is 4.31 Å². The van der Waals surface area contributed by atoms with E-state index in [9.17, 15) is 18.0 Å². The van der Waals surface area contributed by atoms with E-state index >= 15 is 0 Å². The summed E-state index contributed by atoms with van der Waals surface area (Å²) in [5, 5.41) is 2.99. The Labute approximate surface area is 206 Å². The van der Waals surface area contributed by atoms with E-state index in [0.717, 1.165) is 19.5 Å². The number of hydrogen-bond donors (Lipinski definition) is 1. The molecule has 0 aromatic heterocycles. The van der Waals surface area contributed by atoms with Gasteiger partial charge < -0.3 is 5.32 Å². The van der Waals surface area contributed by atoms with E-state index in [4.69, 9.17) is 0 Å². The van der Waals surface area contributed by atoms with Crippen LogP contribution in [0.4, 0.5) is 4.79 Å². The third kappa shape index (κ3) is 4.84. The summed E-state index contributed by atoms with van der Waals surface area (Å²) in [6.45, 7) is 3.83. The largest absolute Gasteiger partial charge is 0.326 e. The third-order valence-corrected chi connectivity index (χ3v) is 9.03. The molecule has 1 spiro atoms. The maximum absolute atomic E-state index is 13.5. The second-order valence-corrected chi connectivity index (χ2v) is 11.5. The van der Waals surface area contributed by atoms with Crippen LogP contribution >= 0.6 is 0 Å². The van der Waals surface area contributed by atoms with E-state index in [1.807, 2.05) is 23.1 Å². The Bertz CT molecular complexity index is 1170. The van der Waals surface area contributed by atoms with Crippen molar-refractivity contribution in [2.24, 2.45) is 0 Å². The summed E-state index contributed by atoms with van der Waals surface area (Å²) in [4.78, 5) is 32.1. The number of piperazine rings is 1. The number of nitrogens with zero attached hydrogens (tertiary/aromatic N) is 4. The van der Waals surface area contributed by atoms with Gasteiger partial charge in [0.25, 0.3) is 5.91 Å². The Morgan fingerprint density at radius 2 is 1.49 bits per heavy atom. The molecule has 10 heteroatoms. The van der Waals surface area contributed by atoms with Crippen LogP contribution in [0.15, 0.2) is 65.6 Å². The van der Waals surface area contributed by atoms with Crippen LogP contribution in [0, 0.1) is 0 Å². The molecule has 3 amide bonds. The zero-order chi connectivity index (χ0) is 24.5. The normalized spacial score (nSPS) is 24.7. The maximum atomic E-state index is 13.5. The lowest BCUT2D eigenvalue weighted by Crippen LogP contribution is -2.58. The first-order chi connectivity index (χ1) is 16.9. The van der Waals surface area contributed by atoms with Crippen LogP contribution < -0.4 is 5.32 Å². The molecule has 0 aliphatic carbocycles. The number of nitrogens with one attached hydrogen (secondary N) is 1. The van der Waals surface area contributed by atoms with Gasteiger partial charge in [-0.25, -0.2) is 18.1 Å². The highest BCUT2D eigenvalue weighted by atomic mass is 32.2. The van der Waals surface area contributed by atoms with E-state index in [2.05, 4.69) is 22.3 Å². The van der Waals surface area contributed by atoms with Gasteiger partial charge in [-0.05, 0) is 37.1 Å². The van der Waals surface area contributed by atoms with Crippen molar-refractivity contribution < 1.29 is 18.0 Å². The molecule has 2 aromatic rings. The van der Waals surface area contributed by atoms with Crippen LogP contribution in [0.3, 0.4) is 0 Å². The van der Waals surface area contributed by atoms with Crippen molar-refractivity contribution in [1.82, 2.24) is 24.3 Å². The molecule has 1 atom stereocenters. The van der Waals surface area contributed by atoms with Gasteiger partial charge in [0.1, 0.15) is 5.54 Å². The van der Waals surface area contributed by atoms with Gasteiger partial charge in [-0.1, -0.05) is 48.5 Å². The molecule has 0 saturated carbocycles. The molecule has 0 unspecified atom stereocenters. The molecule has 35 heavy (non-hydrogen) atoms. The zero-order valence-corrected chi connectivity index (χ0v) is 20.5. The molecule has 5 rings (SSSR count). The summed E-state index contributed by atoms with van der Waals surface area (Å²) < 4.78 is 27.2. The number of sulfonamides is 1. The van der Waals surface area contributed by atoms with Crippen molar-refractivity contribution in [3.8, 4) is 0 Å². The lowest BCUT2D eigenvalue weighted by atomic mass is 9.88. The van der Waals surface area contributed by atoms with Crippen LogP contribution in [-0.2, 0) is 21.4 Å². The highest BCUT2D eigenvalue weighted by Crippen LogP contribution is 2.29. The van der Waals surface area contributed by atoms with Crippen LogP contribution in [0.2, 0.25) is 0 Å². The van der Waals surface area contributed by atoms with Crippen molar-refractivity contribution >= 4 is 22.0 Å². The molecule has 3 saturated heterocycles. The number of carbonyl (C=O) groups is 2. The minimum atomic E-state index is -3.55. The van der Waals surface area contributed by atoms with Crippen LogP contribution in [-0.4, -0.2) is 90.8 Å². The highest BCUT2D eigenvalue weighted by Gasteiger charge is 2.53. The molecule has 3 fully saturated rings. The number of amides is 3. The Kier molecular flexibility index (Phi) is 6.63. The van der Waals surface area contributed by atoms with Gasteiger partial charge in [0.05, 0.1) is 11.6 Å². The van der Waals surface area contributed by atoms with E-state index in [-0.39, 0.29) is 23.5 Å². The summed E-state index contributed by atoms with van der Waals surface area (Å²) in [5.74, 6) is -0.181. The van der Waals surface area contributed by atoms with Crippen molar-refractivity contribution in [2.75, 3.05) is 45.9 Å². The first-order valence-electron chi connectivity index (χ1n) is 12.1. The number of urea groups is 1. The molecule has 186 valence electrons. The Hall–Kier alpha value is -2.79. The predicted molar refractivity (Wildman–Crippen MR) is 131 cm³/mol. The number of carbonyl (C=O) groups excluding carboxylic acids is 2. The fourth-order valence-electron chi connectivity index (χ4n) is 5.25. The first-order valence-corrected chi connectivity index (χ1v) is 13.5. The molecule has 3 aliphatic rings. The average Bonchev–Trinajstić information content (AvgIpc) is 3.09. The van der Waals surface area contributed by atoms with Gasteiger partial charge in [0.15, 0.2) is 0 Å². The molecule has 2 aromatic carbocycles. The van der Waals surface area contributed by atoms with E-state index in [0.29, 0.717) is 39.1 Å². The minimum absolute atomic E-state index is 0.171. The van der Waals surface area contributed by atoms with Gasteiger partial charge >= 0.3 is 6.03 Å². The van der Waals surface area contributed by atoms with Gasteiger partial charge in [0, 0.05) is 39.3 Å². The fraction of sp³-hybridized carbons (Fsp3) is 0.440. The number of imide groups is 1. The molecule has 3 aliphatic heterocycles. The number of piperidine rings is 1. The summed E-state index contributed by atoms with van der Waals surface area (Å²) in [6.07, 6.45) is 1.46. The van der Waals surface area contributed by atoms with Gasteiger partial charge in [-0.3, -0.25) is 14.6 Å².